The normalized spacial score (nSPS) is 10.5. The highest BCUT2D eigenvalue weighted by molar-refractivity contribution is 5.91. The molecule has 3 rings (SSSR count). The number of nitriles is 1. The lowest BCUT2D eigenvalue weighted by molar-refractivity contribution is -0.116. The van der Waals surface area contributed by atoms with Gasteiger partial charge >= 0.3 is 0 Å². The number of pyridine rings is 1. The van der Waals surface area contributed by atoms with Crippen molar-refractivity contribution in [3.63, 3.8) is 0 Å². The van der Waals surface area contributed by atoms with E-state index >= 15 is 0 Å². The van der Waals surface area contributed by atoms with Gasteiger partial charge in [0.05, 0.1) is 0 Å². The van der Waals surface area contributed by atoms with Gasteiger partial charge in [-0.15, -0.1) is 0 Å². The van der Waals surface area contributed by atoms with Crippen molar-refractivity contribution in [1.29, 1.82) is 5.26 Å². The molecule has 0 radical (unpaired) electrons. The lowest BCUT2D eigenvalue weighted by Crippen LogP contribution is -2.18. The van der Waals surface area contributed by atoms with Crippen LogP contribution < -0.4 is 10.9 Å². The predicted molar refractivity (Wildman–Crippen MR) is 99.5 cm³/mol. The SMILES string of the molecule is Cc1[nH]c(=O)c(C#N)c(C)c1CCC(=O)Nc1ccc(-n2cncn2)c(F)c1. The number of hydrogen-bond donors (Lipinski definition) is 2. The Labute approximate surface area is 159 Å². The Morgan fingerprint density at radius 2 is 2.18 bits per heavy atom. The molecule has 0 saturated heterocycles. The summed E-state index contributed by atoms with van der Waals surface area (Å²) in [6.45, 7) is 3.41. The van der Waals surface area contributed by atoms with E-state index in [4.69, 9.17) is 5.26 Å². The van der Waals surface area contributed by atoms with E-state index in [1.54, 1.807) is 19.9 Å². The number of aromatic amines is 1. The molecule has 2 N–H and O–H groups in total. The van der Waals surface area contributed by atoms with Gasteiger partial charge in [-0.2, -0.15) is 10.4 Å². The molecule has 0 unspecified atom stereocenters. The van der Waals surface area contributed by atoms with Crippen molar-refractivity contribution in [1.82, 2.24) is 19.7 Å². The zero-order chi connectivity index (χ0) is 20.3. The van der Waals surface area contributed by atoms with Gasteiger partial charge in [0, 0.05) is 17.8 Å². The van der Waals surface area contributed by atoms with E-state index in [0.29, 0.717) is 23.4 Å². The number of amides is 1. The van der Waals surface area contributed by atoms with Gasteiger partial charge in [0.2, 0.25) is 5.91 Å². The third-order valence-electron chi connectivity index (χ3n) is 4.42. The number of aryl methyl sites for hydroxylation is 1. The fourth-order valence-corrected chi connectivity index (χ4v) is 2.99. The maximum absolute atomic E-state index is 14.2. The molecule has 0 aliphatic carbocycles. The Morgan fingerprint density at radius 3 is 2.82 bits per heavy atom. The fraction of sp³-hybridized carbons (Fsp3) is 0.211. The van der Waals surface area contributed by atoms with Crippen LogP contribution in [0.15, 0.2) is 35.6 Å². The molecule has 0 spiro atoms. The molecule has 0 atom stereocenters. The van der Waals surface area contributed by atoms with Crippen molar-refractivity contribution < 1.29 is 9.18 Å². The first-order chi connectivity index (χ1) is 13.4. The molecule has 1 amide bonds. The Hall–Kier alpha value is -3.80. The first-order valence-electron chi connectivity index (χ1n) is 8.47. The van der Waals surface area contributed by atoms with Crippen molar-refractivity contribution in [2.45, 2.75) is 26.7 Å². The van der Waals surface area contributed by atoms with Gasteiger partial charge in [-0.05, 0) is 49.6 Å². The minimum atomic E-state index is -0.547. The van der Waals surface area contributed by atoms with Gasteiger partial charge in [-0.25, -0.2) is 14.1 Å². The summed E-state index contributed by atoms with van der Waals surface area (Å²) in [4.78, 5) is 30.4. The zero-order valence-corrected chi connectivity index (χ0v) is 15.3. The number of benzene rings is 1. The number of carbonyl (C=O) groups is 1. The lowest BCUT2D eigenvalue weighted by atomic mass is 9.99. The molecule has 0 saturated carbocycles. The molecule has 0 aliphatic heterocycles. The number of nitrogens with zero attached hydrogens (tertiary/aromatic N) is 4. The van der Waals surface area contributed by atoms with Crippen LogP contribution in [0.3, 0.4) is 0 Å². The average Bonchev–Trinajstić information content (AvgIpc) is 3.16. The zero-order valence-electron chi connectivity index (χ0n) is 15.3. The third kappa shape index (κ3) is 3.81. The van der Waals surface area contributed by atoms with Gasteiger partial charge in [0.25, 0.3) is 5.56 Å². The Kier molecular flexibility index (Phi) is 5.31. The van der Waals surface area contributed by atoms with Gasteiger partial charge in [0.15, 0.2) is 5.82 Å². The van der Waals surface area contributed by atoms with Crippen LogP contribution in [0, 0.1) is 31.0 Å². The monoisotopic (exact) mass is 380 g/mol. The minimum absolute atomic E-state index is 0.0479. The van der Waals surface area contributed by atoms with Crippen LogP contribution in [-0.2, 0) is 11.2 Å². The molecular weight excluding hydrogens is 363 g/mol. The molecule has 2 aromatic heterocycles. The molecule has 0 bridgehead atoms. The molecule has 1 aromatic carbocycles. The standard InChI is InChI=1S/C19H17FN6O2/c1-11-14(12(2)24-19(28)15(11)8-21)4-6-18(27)25-13-3-5-17(16(20)7-13)26-10-22-9-23-26/h3,5,7,9-10H,4,6H2,1-2H3,(H,24,28)(H,25,27). The molecule has 142 valence electrons. The van der Waals surface area contributed by atoms with Crippen molar-refractivity contribution in [2.75, 3.05) is 5.32 Å². The summed E-state index contributed by atoms with van der Waals surface area (Å²) in [5.41, 5.74) is 2.09. The van der Waals surface area contributed by atoms with Crippen LogP contribution in [0.1, 0.15) is 28.8 Å². The van der Waals surface area contributed by atoms with E-state index in [2.05, 4.69) is 20.4 Å². The van der Waals surface area contributed by atoms with E-state index in [1.807, 2.05) is 6.07 Å². The van der Waals surface area contributed by atoms with Crippen LogP contribution >= 0.6 is 0 Å². The topological polar surface area (TPSA) is 116 Å². The lowest BCUT2D eigenvalue weighted by Gasteiger charge is -2.11. The Bertz CT molecular complexity index is 1130. The second kappa shape index (κ2) is 7.84. The van der Waals surface area contributed by atoms with Crippen molar-refractivity contribution in [3.05, 3.63) is 69.4 Å². The second-order valence-electron chi connectivity index (χ2n) is 6.22. The quantitative estimate of drug-likeness (QED) is 0.703. The number of hydrogen-bond acceptors (Lipinski definition) is 5. The fourth-order valence-electron chi connectivity index (χ4n) is 2.99. The van der Waals surface area contributed by atoms with Crippen molar-refractivity contribution >= 4 is 11.6 Å². The molecular formula is C19H17FN6O2. The molecule has 8 nitrogen and oxygen atoms in total. The smallest absolute Gasteiger partial charge is 0.266 e. The van der Waals surface area contributed by atoms with Gasteiger partial charge in [-0.3, -0.25) is 9.59 Å². The van der Waals surface area contributed by atoms with Gasteiger partial charge < -0.3 is 10.3 Å². The van der Waals surface area contributed by atoms with Crippen LogP contribution in [0.25, 0.3) is 5.69 Å². The Balaban J connectivity index is 1.70. The first-order valence-corrected chi connectivity index (χ1v) is 8.47. The molecule has 28 heavy (non-hydrogen) atoms. The van der Waals surface area contributed by atoms with Crippen molar-refractivity contribution in [2.24, 2.45) is 0 Å². The summed E-state index contributed by atoms with van der Waals surface area (Å²) in [6.07, 6.45) is 3.13. The van der Waals surface area contributed by atoms with Crippen LogP contribution in [0.4, 0.5) is 10.1 Å². The van der Waals surface area contributed by atoms with E-state index in [9.17, 15) is 14.0 Å². The number of aromatic nitrogens is 4. The van der Waals surface area contributed by atoms with E-state index in [0.717, 1.165) is 5.56 Å². The molecule has 0 fully saturated rings. The maximum Gasteiger partial charge on any atom is 0.266 e. The largest absolute Gasteiger partial charge is 0.326 e. The molecule has 0 aliphatic rings. The first kappa shape index (κ1) is 19.0. The highest BCUT2D eigenvalue weighted by Gasteiger charge is 2.14. The highest BCUT2D eigenvalue weighted by atomic mass is 19.1. The Morgan fingerprint density at radius 1 is 1.39 bits per heavy atom. The summed E-state index contributed by atoms with van der Waals surface area (Å²) < 4.78 is 15.5. The van der Waals surface area contributed by atoms with Crippen molar-refractivity contribution in [3.8, 4) is 11.8 Å². The third-order valence-corrected chi connectivity index (χ3v) is 4.42. The molecule has 2 heterocycles. The predicted octanol–water partition coefficient (Wildman–Crippen LogP) is 2.15. The summed E-state index contributed by atoms with van der Waals surface area (Å²) in [7, 11) is 0. The van der Waals surface area contributed by atoms with Gasteiger partial charge in [0.1, 0.15) is 30.0 Å². The molecule has 9 heteroatoms. The van der Waals surface area contributed by atoms with Crippen LogP contribution in [0.2, 0.25) is 0 Å². The summed E-state index contributed by atoms with van der Waals surface area (Å²) in [5.74, 6) is -0.856. The highest BCUT2D eigenvalue weighted by Crippen LogP contribution is 2.19. The van der Waals surface area contributed by atoms with E-state index < -0.39 is 11.4 Å². The average molecular weight is 380 g/mol. The number of halogens is 1. The van der Waals surface area contributed by atoms with Gasteiger partial charge in [-0.1, -0.05) is 0 Å². The maximum atomic E-state index is 14.2. The number of nitrogens with one attached hydrogen (secondary N) is 2. The van der Waals surface area contributed by atoms with E-state index in [-0.39, 0.29) is 23.6 Å². The summed E-state index contributed by atoms with van der Waals surface area (Å²) in [6, 6.07) is 6.16. The van der Waals surface area contributed by atoms with Crippen LogP contribution in [0.5, 0.6) is 0 Å². The number of carbonyl (C=O) groups excluding carboxylic acids is 1. The van der Waals surface area contributed by atoms with Crippen LogP contribution in [-0.4, -0.2) is 25.7 Å². The summed E-state index contributed by atoms with van der Waals surface area (Å²) in [5, 5.41) is 15.6. The van der Waals surface area contributed by atoms with E-state index in [1.165, 1.54) is 29.5 Å². The summed E-state index contributed by atoms with van der Waals surface area (Å²) >= 11 is 0. The number of rotatable bonds is 5. The number of H-pyrrole nitrogens is 1. The second-order valence-corrected chi connectivity index (χ2v) is 6.22. The molecule has 3 aromatic rings. The minimum Gasteiger partial charge on any atom is -0.326 e. The number of anilines is 1.